The van der Waals surface area contributed by atoms with Gasteiger partial charge in [-0.2, -0.15) is 5.10 Å². The molecule has 0 aliphatic rings. The molecule has 0 bridgehead atoms. The standard InChI is InChI=1S/C21H23N3O3/c1-4-23(15-16-10-11-19(26-2)20(14-16)27-3)21(25)18-12-13-24(22-18)17-8-6-5-7-9-17/h5-14H,4,15H2,1-3H3. The molecule has 0 aliphatic carbocycles. The molecule has 0 unspecified atom stereocenters. The molecular weight excluding hydrogens is 342 g/mol. The maximum atomic E-state index is 12.9. The molecule has 1 amide bonds. The minimum absolute atomic E-state index is 0.109. The predicted octanol–water partition coefficient (Wildman–Crippen LogP) is 3.55. The highest BCUT2D eigenvalue weighted by atomic mass is 16.5. The van der Waals surface area contributed by atoms with E-state index < -0.39 is 0 Å². The van der Waals surface area contributed by atoms with Crippen molar-refractivity contribution in [2.75, 3.05) is 20.8 Å². The average molecular weight is 365 g/mol. The summed E-state index contributed by atoms with van der Waals surface area (Å²) in [7, 11) is 3.20. The van der Waals surface area contributed by atoms with E-state index in [1.807, 2.05) is 55.5 Å². The lowest BCUT2D eigenvalue weighted by Crippen LogP contribution is -2.30. The number of benzene rings is 2. The molecule has 3 rings (SSSR count). The van der Waals surface area contributed by atoms with Crippen LogP contribution < -0.4 is 9.47 Å². The molecule has 0 aliphatic heterocycles. The van der Waals surface area contributed by atoms with Crippen molar-refractivity contribution in [3.63, 3.8) is 0 Å². The summed E-state index contributed by atoms with van der Waals surface area (Å²) < 4.78 is 12.3. The maximum absolute atomic E-state index is 12.9. The van der Waals surface area contributed by atoms with E-state index in [0.717, 1.165) is 11.3 Å². The number of carbonyl (C=O) groups excluding carboxylic acids is 1. The molecule has 0 atom stereocenters. The van der Waals surface area contributed by atoms with Gasteiger partial charge in [-0.15, -0.1) is 0 Å². The third-order valence-corrected chi connectivity index (χ3v) is 4.32. The van der Waals surface area contributed by atoms with Gasteiger partial charge in [0.15, 0.2) is 17.2 Å². The van der Waals surface area contributed by atoms with Gasteiger partial charge >= 0.3 is 0 Å². The second-order valence-corrected chi connectivity index (χ2v) is 5.99. The van der Waals surface area contributed by atoms with Crippen LogP contribution in [0, 0.1) is 0 Å². The highest BCUT2D eigenvalue weighted by Crippen LogP contribution is 2.28. The molecule has 3 aromatic rings. The fourth-order valence-electron chi connectivity index (χ4n) is 2.85. The van der Waals surface area contributed by atoms with E-state index in [-0.39, 0.29) is 5.91 Å². The van der Waals surface area contributed by atoms with Crippen LogP contribution in [0.15, 0.2) is 60.8 Å². The van der Waals surface area contributed by atoms with Crippen molar-refractivity contribution >= 4 is 5.91 Å². The molecular formula is C21H23N3O3. The van der Waals surface area contributed by atoms with Gasteiger partial charge < -0.3 is 14.4 Å². The molecule has 1 aromatic heterocycles. The number of para-hydroxylation sites is 1. The van der Waals surface area contributed by atoms with E-state index in [1.54, 1.807) is 36.1 Å². The van der Waals surface area contributed by atoms with E-state index in [2.05, 4.69) is 5.10 Å². The van der Waals surface area contributed by atoms with Crippen LogP contribution in [-0.2, 0) is 6.54 Å². The Morgan fingerprint density at radius 1 is 1.04 bits per heavy atom. The van der Waals surface area contributed by atoms with Crippen LogP contribution in [0.3, 0.4) is 0 Å². The lowest BCUT2D eigenvalue weighted by atomic mass is 10.2. The van der Waals surface area contributed by atoms with Crippen LogP contribution in [0.4, 0.5) is 0 Å². The van der Waals surface area contributed by atoms with Gasteiger partial charge in [0.2, 0.25) is 0 Å². The van der Waals surface area contributed by atoms with Gasteiger partial charge in [-0.1, -0.05) is 24.3 Å². The number of hydrogen-bond donors (Lipinski definition) is 0. The smallest absolute Gasteiger partial charge is 0.274 e. The third kappa shape index (κ3) is 4.11. The first-order valence-electron chi connectivity index (χ1n) is 8.77. The zero-order chi connectivity index (χ0) is 19.2. The van der Waals surface area contributed by atoms with Crippen molar-refractivity contribution in [2.24, 2.45) is 0 Å². The Bertz CT molecular complexity index is 906. The maximum Gasteiger partial charge on any atom is 0.274 e. The molecule has 0 N–H and O–H groups in total. The molecule has 6 heteroatoms. The fourth-order valence-corrected chi connectivity index (χ4v) is 2.85. The average Bonchev–Trinajstić information content (AvgIpc) is 3.22. The molecule has 0 spiro atoms. The molecule has 27 heavy (non-hydrogen) atoms. The minimum Gasteiger partial charge on any atom is -0.493 e. The normalized spacial score (nSPS) is 10.5. The van der Waals surface area contributed by atoms with E-state index in [1.165, 1.54) is 0 Å². The highest BCUT2D eigenvalue weighted by molar-refractivity contribution is 5.92. The summed E-state index contributed by atoms with van der Waals surface area (Å²) in [6.07, 6.45) is 1.80. The second-order valence-electron chi connectivity index (χ2n) is 5.99. The summed E-state index contributed by atoms with van der Waals surface area (Å²) >= 11 is 0. The first kappa shape index (κ1) is 18.5. The van der Waals surface area contributed by atoms with Gasteiger partial charge in [0.1, 0.15) is 0 Å². The van der Waals surface area contributed by atoms with Crippen LogP contribution in [0.5, 0.6) is 11.5 Å². The monoisotopic (exact) mass is 365 g/mol. The lowest BCUT2D eigenvalue weighted by Gasteiger charge is -2.20. The Kier molecular flexibility index (Phi) is 5.76. The summed E-state index contributed by atoms with van der Waals surface area (Å²) in [6.45, 7) is 2.99. The summed E-state index contributed by atoms with van der Waals surface area (Å²) in [5, 5.41) is 4.43. The number of carbonyl (C=O) groups is 1. The first-order valence-corrected chi connectivity index (χ1v) is 8.77. The van der Waals surface area contributed by atoms with Crippen molar-refractivity contribution < 1.29 is 14.3 Å². The van der Waals surface area contributed by atoms with Gasteiger partial charge in [-0.05, 0) is 42.8 Å². The van der Waals surface area contributed by atoms with Crippen LogP contribution in [0.2, 0.25) is 0 Å². The summed E-state index contributed by atoms with van der Waals surface area (Å²) in [5.41, 5.74) is 2.30. The largest absolute Gasteiger partial charge is 0.493 e. The Labute approximate surface area is 158 Å². The van der Waals surface area contributed by atoms with Crippen molar-refractivity contribution in [2.45, 2.75) is 13.5 Å². The van der Waals surface area contributed by atoms with Gasteiger partial charge in [0.05, 0.1) is 19.9 Å². The highest BCUT2D eigenvalue weighted by Gasteiger charge is 2.18. The quantitative estimate of drug-likeness (QED) is 0.642. The van der Waals surface area contributed by atoms with Crippen LogP contribution in [0.1, 0.15) is 23.0 Å². The number of hydrogen-bond acceptors (Lipinski definition) is 4. The van der Waals surface area contributed by atoms with Crippen LogP contribution >= 0.6 is 0 Å². The Morgan fingerprint density at radius 3 is 2.44 bits per heavy atom. The van der Waals surface area contributed by atoms with Gasteiger partial charge in [0, 0.05) is 19.3 Å². The summed E-state index contributed by atoms with van der Waals surface area (Å²) in [4.78, 5) is 14.6. The molecule has 0 saturated carbocycles. The van der Waals surface area contributed by atoms with E-state index >= 15 is 0 Å². The predicted molar refractivity (Wildman–Crippen MR) is 104 cm³/mol. The SMILES string of the molecule is CCN(Cc1ccc(OC)c(OC)c1)C(=O)c1ccn(-c2ccccc2)n1. The number of amides is 1. The van der Waals surface area contributed by atoms with E-state index in [9.17, 15) is 4.79 Å². The molecule has 1 heterocycles. The van der Waals surface area contributed by atoms with Crippen LogP contribution in [0.25, 0.3) is 5.69 Å². The Morgan fingerprint density at radius 2 is 1.78 bits per heavy atom. The Balaban J connectivity index is 1.78. The fraction of sp³-hybridized carbons (Fsp3) is 0.238. The molecule has 140 valence electrons. The lowest BCUT2D eigenvalue weighted by molar-refractivity contribution is 0.0746. The summed E-state index contributed by atoms with van der Waals surface area (Å²) in [6, 6.07) is 17.1. The summed E-state index contributed by atoms with van der Waals surface area (Å²) in [5.74, 6) is 1.20. The van der Waals surface area contributed by atoms with Gasteiger partial charge in [-0.3, -0.25) is 4.79 Å². The number of nitrogens with zero attached hydrogens (tertiary/aromatic N) is 3. The van der Waals surface area contributed by atoms with Crippen molar-refractivity contribution in [1.82, 2.24) is 14.7 Å². The first-order chi connectivity index (χ1) is 13.2. The van der Waals surface area contributed by atoms with Crippen molar-refractivity contribution in [3.05, 3.63) is 72.1 Å². The number of methoxy groups -OCH3 is 2. The zero-order valence-corrected chi connectivity index (χ0v) is 15.8. The molecule has 0 fully saturated rings. The molecule has 0 saturated heterocycles. The molecule has 6 nitrogen and oxygen atoms in total. The van der Waals surface area contributed by atoms with Crippen molar-refractivity contribution in [3.8, 4) is 17.2 Å². The van der Waals surface area contributed by atoms with E-state index in [4.69, 9.17) is 9.47 Å². The second kappa shape index (κ2) is 8.40. The van der Waals surface area contributed by atoms with Gasteiger partial charge in [-0.25, -0.2) is 4.68 Å². The molecule has 2 aromatic carbocycles. The Hall–Kier alpha value is -3.28. The van der Waals surface area contributed by atoms with Crippen LogP contribution in [-0.4, -0.2) is 41.4 Å². The molecule has 0 radical (unpaired) electrons. The van der Waals surface area contributed by atoms with Crippen molar-refractivity contribution in [1.29, 1.82) is 0 Å². The minimum atomic E-state index is -0.109. The number of aromatic nitrogens is 2. The number of ether oxygens (including phenoxy) is 2. The van der Waals surface area contributed by atoms with E-state index in [0.29, 0.717) is 30.3 Å². The third-order valence-electron chi connectivity index (χ3n) is 4.32. The topological polar surface area (TPSA) is 56.6 Å². The number of rotatable bonds is 7. The zero-order valence-electron chi connectivity index (χ0n) is 15.8. The van der Waals surface area contributed by atoms with Gasteiger partial charge in [0.25, 0.3) is 5.91 Å².